The zero-order valence-electron chi connectivity index (χ0n) is 18.4. The van der Waals surface area contributed by atoms with E-state index < -0.39 is 6.29 Å². The van der Waals surface area contributed by atoms with Gasteiger partial charge in [-0.1, -0.05) is 60.3 Å². The highest BCUT2D eigenvalue weighted by Gasteiger charge is 2.32. The Balaban J connectivity index is 1.49. The molecule has 1 fully saturated rings. The van der Waals surface area contributed by atoms with Gasteiger partial charge in [0.1, 0.15) is 0 Å². The highest BCUT2D eigenvalue weighted by atomic mass is 32.2. The maximum atomic E-state index is 11.2. The summed E-state index contributed by atoms with van der Waals surface area (Å²) in [4.78, 5) is 19.7. The number of aliphatic hydroxyl groups is 1. The molecule has 2 aromatic carbocycles. The highest BCUT2D eigenvalue weighted by molar-refractivity contribution is 7.99. The largest absolute Gasteiger partial charge is 0.392 e. The van der Waals surface area contributed by atoms with Crippen molar-refractivity contribution >= 4 is 17.7 Å². The Morgan fingerprint density at radius 3 is 2.36 bits per heavy atom. The summed E-state index contributed by atoms with van der Waals surface area (Å²) in [6.07, 6.45) is 3.46. The van der Waals surface area contributed by atoms with Gasteiger partial charge in [0, 0.05) is 43.6 Å². The first kappa shape index (κ1) is 23.4. The second kappa shape index (κ2) is 11.4. The number of rotatable bonds is 8. The molecule has 0 spiro atoms. The van der Waals surface area contributed by atoms with E-state index in [9.17, 15) is 9.90 Å². The van der Waals surface area contributed by atoms with E-state index in [4.69, 9.17) is 9.47 Å². The van der Waals surface area contributed by atoms with Gasteiger partial charge in [-0.25, -0.2) is 9.97 Å². The number of nitrogens with zero attached hydrogens (tertiary/aromatic N) is 2. The third-order valence-electron chi connectivity index (χ3n) is 5.35. The molecule has 0 saturated carbocycles. The van der Waals surface area contributed by atoms with Crippen LogP contribution in [0.5, 0.6) is 0 Å². The van der Waals surface area contributed by atoms with E-state index in [1.807, 2.05) is 48.5 Å². The van der Waals surface area contributed by atoms with Crippen LogP contribution in [0.15, 0.2) is 72.1 Å². The molecule has 1 aliphatic rings. The fraction of sp³-hybridized carbons (Fsp3) is 0.320. The van der Waals surface area contributed by atoms with Crippen molar-refractivity contribution in [2.24, 2.45) is 0 Å². The summed E-state index contributed by atoms with van der Waals surface area (Å²) in [6, 6.07) is 17.5. The quantitative estimate of drug-likeness (QED) is 0.384. The molecule has 1 aromatic heterocycles. The lowest BCUT2D eigenvalue weighted by molar-refractivity contribution is -0.245. The molecule has 2 N–H and O–H groups in total. The molecule has 7 nitrogen and oxygen atoms in total. The minimum Gasteiger partial charge on any atom is -0.392 e. The van der Waals surface area contributed by atoms with Gasteiger partial charge in [-0.15, -0.1) is 0 Å². The van der Waals surface area contributed by atoms with Crippen molar-refractivity contribution in [2.75, 3.05) is 5.75 Å². The van der Waals surface area contributed by atoms with E-state index in [1.165, 1.54) is 6.92 Å². The van der Waals surface area contributed by atoms with Crippen LogP contribution in [0.25, 0.3) is 0 Å². The fourth-order valence-electron chi connectivity index (χ4n) is 3.57. The third-order valence-corrected chi connectivity index (χ3v) is 6.36. The Morgan fingerprint density at radius 2 is 1.70 bits per heavy atom. The summed E-state index contributed by atoms with van der Waals surface area (Å²) in [7, 11) is 0. The maximum Gasteiger partial charge on any atom is 0.217 e. The van der Waals surface area contributed by atoms with Crippen LogP contribution in [-0.4, -0.2) is 32.8 Å². The smallest absolute Gasteiger partial charge is 0.217 e. The number of carbonyl (C=O) groups excluding carboxylic acids is 1. The Bertz CT molecular complexity index is 1030. The number of amides is 1. The molecule has 4 rings (SSSR count). The lowest BCUT2D eigenvalue weighted by atomic mass is 10.0. The summed E-state index contributed by atoms with van der Waals surface area (Å²) < 4.78 is 12.7. The van der Waals surface area contributed by atoms with Crippen molar-refractivity contribution in [3.63, 3.8) is 0 Å². The van der Waals surface area contributed by atoms with Crippen molar-refractivity contribution in [3.8, 4) is 0 Å². The number of thioether (sulfide) groups is 1. The molecule has 3 unspecified atom stereocenters. The van der Waals surface area contributed by atoms with Crippen molar-refractivity contribution in [2.45, 2.75) is 50.2 Å². The zero-order chi connectivity index (χ0) is 23.0. The summed E-state index contributed by atoms with van der Waals surface area (Å²) in [6.45, 7) is 2.00. The Kier molecular flexibility index (Phi) is 8.06. The SMILES string of the molecule is CC(=O)NCc1ccc(C2OC(CSc3ncccn3)CC(c3ccc(CO)cc3)O2)cc1. The number of hydrogen-bond donors (Lipinski definition) is 2. The topological polar surface area (TPSA) is 93.6 Å². The van der Waals surface area contributed by atoms with Crippen LogP contribution in [0, 0.1) is 0 Å². The summed E-state index contributed by atoms with van der Waals surface area (Å²) >= 11 is 1.56. The van der Waals surface area contributed by atoms with Gasteiger partial charge in [-0.2, -0.15) is 0 Å². The monoisotopic (exact) mass is 465 g/mol. The van der Waals surface area contributed by atoms with Gasteiger partial charge >= 0.3 is 0 Å². The molecule has 2 heterocycles. The molecule has 3 aromatic rings. The number of ether oxygens (including phenoxy) is 2. The minimum atomic E-state index is -0.515. The molecule has 1 amide bonds. The van der Waals surface area contributed by atoms with Gasteiger partial charge in [0.2, 0.25) is 5.91 Å². The normalized spacial score (nSPS) is 20.4. The second-order valence-electron chi connectivity index (χ2n) is 7.84. The number of benzene rings is 2. The molecule has 1 saturated heterocycles. The van der Waals surface area contributed by atoms with Crippen LogP contribution in [0.1, 0.15) is 48.0 Å². The van der Waals surface area contributed by atoms with Gasteiger partial charge < -0.3 is 19.9 Å². The Labute approximate surface area is 197 Å². The van der Waals surface area contributed by atoms with Crippen molar-refractivity contribution < 1.29 is 19.4 Å². The van der Waals surface area contributed by atoms with Crippen LogP contribution in [0.3, 0.4) is 0 Å². The number of aliphatic hydroxyl groups excluding tert-OH is 1. The van der Waals surface area contributed by atoms with Gasteiger partial charge in [0.05, 0.1) is 18.8 Å². The second-order valence-corrected chi connectivity index (χ2v) is 8.83. The Hall–Kier alpha value is -2.78. The molecule has 1 aliphatic heterocycles. The van der Waals surface area contributed by atoms with Crippen LogP contribution in [-0.2, 0) is 27.4 Å². The summed E-state index contributed by atoms with van der Waals surface area (Å²) in [5, 5.41) is 12.9. The number of carbonyl (C=O) groups is 1. The number of nitrogens with one attached hydrogen (secondary N) is 1. The highest BCUT2D eigenvalue weighted by Crippen LogP contribution is 2.39. The molecule has 0 bridgehead atoms. The van der Waals surface area contributed by atoms with Gasteiger partial charge in [-0.05, 0) is 22.8 Å². The minimum absolute atomic E-state index is 0.0126. The first-order valence-corrected chi connectivity index (χ1v) is 11.8. The maximum absolute atomic E-state index is 11.2. The lowest BCUT2D eigenvalue weighted by Crippen LogP contribution is -2.31. The van der Waals surface area contributed by atoms with Gasteiger partial charge in [-0.3, -0.25) is 4.79 Å². The van der Waals surface area contributed by atoms with E-state index in [-0.39, 0.29) is 24.7 Å². The van der Waals surface area contributed by atoms with E-state index in [0.717, 1.165) is 27.4 Å². The van der Waals surface area contributed by atoms with E-state index in [2.05, 4.69) is 15.3 Å². The van der Waals surface area contributed by atoms with E-state index in [0.29, 0.717) is 18.7 Å². The predicted octanol–water partition coefficient (Wildman–Crippen LogP) is 3.94. The average molecular weight is 466 g/mol. The molecular formula is C25H27N3O4S. The molecular weight excluding hydrogens is 438 g/mol. The standard InChI is InChI=1S/C25H27N3O4S/c1-17(30)28-14-18-3-9-21(10-4-18)24-31-22(16-33-25-26-11-2-12-27-25)13-23(32-24)20-7-5-19(15-29)6-8-20/h2-12,22-24,29H,13-16H2,1H3,(H,28,30). The molecule has 0 radical (unpaired) electrons. The summed E-state index contributed by atoms with van der Waals surface area (Å²) in [5.74, 6) is 0.645. The molecule has 33 heavy (non-hydrogen) atoms. The third kappa shape index (κ3) is 6.61. The van der Waals surface area contributed by atoms with Gasteiger partial charge in [0.25, 0.3) is 0 Å². The zero-order valence-corrected chi connectivity index (χ0v) is 19.2. The number of hydrogen-bond acceptors (Lipinski definition) is 7. The molecule has 3 atom stereocenters. The molecule has 8 heteroatoms. The Morgan fingerprint density at radius 1 is 1.03 bits per heavy atom. The van der Waals surface area contributed by atoms with Crippen LogP contribution < -0.4 is 5.32 Å². The molecule has 0 aliphatic carbocycles. The van der Waals surface area contributed by atoms with Crippen molar-refractivity contribution in [3.05, 3.63) is 89.2 Å². The van der Waals surface area contributed by atoms with Crippen LogP contribution in [0.4, 0.5) is 0 Å². The lowest BCUT2D eigenvalue weighted by Gasteiger charge is -2.36. The average Bonchev–Trinajstić information content (AvgIpc) is 2.87. The van der Waals surface area contributed by atoms with Crippen LogP contribution in [0.2, 0.25) is 0 Å². The first-order valence-electron chi connectivity index (χ1n) is 10.8. The van der Waals surface area contributed by atoms with Crippen LogP contribution >= 0.6 is 11.8 Å². The number of aromatic nitrogens is 2. The first-order chi connectivity index (χ1) is 16.1. The van der Waals surface area contributed by atoms with E-state index in [1.54, 1.807) is 30.2 Å². The fourth-order valence-corrected chi connectivity index (χ4v) is 4.39. The van der Waals surface area contributed by atoms with Crippen molar-refractivity contribution in [1.82, 2.24) is 15.3 Å². The van der Waals surface area contributed by atoms with E-state index >= 15 is 0 Å². The predicted molar refractivity (Wildman–Crippen MR) is 125 cm³/mol. The summed E-state index contributed by atoms with van der Waals surface area (Å²) in [5.41, 5.74) is 3.85. The molecule has 172 valence electrons. The van der Waals surface area contributed by atoms with Gasteiger partial charge in [0.15, 0.2) is 11.4 Å². The van der Waals surface area contributed by atoms with Crippen molar-refractivity contribution in [1.29, 1.82) is 0 Å².